The van der Waals surface area contributed by atoms with E-state index < -0.39 is 0 Å². The summed E-state index contributed by atoms with van der Waals surface area (Å²) in [6, 6.07) is 10.7. The van der Waals surface area contributed by atoms with Gasteiger partial charge in [-0.3, -0.25) is 4.68 Å². The highest BCUT2D eigenvalue weighted by Gasteiger charge is 2.20. The summed E-state index contributed by atoms with van der Waals surface area (Å²) >= 11 is 0. The lowest BCUT2D eigenvalue weighted by Crippen LogP contribution is -2.29. The van der Waals surface area contributed by atoms with E-state index in [2.05, 4.69) is 76.0 Å². The summed E-state index contributed by atoms with van der Waals surface area (Å²) in [6.07, 6.45) is 3.49. The molecule has 0 saturated heterocycles. The third-order valence-electron chi connectivity index (χ3n) is 6.31. The fourth-order valence-electron chi connectivity index (χ4n) is 4.40. The van der Waals surface area contributed by atoms with Crippen LogP contribution in [0.1, 0.15) is 43.2 Å². The average molecular weight is 474 g/mol. The molecule has 0 saturated carbocycles. The van der Waals surface area contributed by atoms with Gasteiger partial charge in [-0.2, -0.15) is 5.10 Å². The van der Waals surface area contributed by atoms with E-state index in [0.717, 1.165) is 41.2 Å². The number of anilines is 2. The van der Waals surface area contributed by atoms with Crippen LogP contribution in [0.2, 0.25) is 0 Å². The minimum Gasteiger partial charge on any atom is -0.491 e. The summed E-state index contributed by atoms with van der Waals surface area (Å²) in [5, 5.41) is 5.68. The zero-order valence-corrected chi connectivity index (χ0v) is 21.6. The molecule has 0 aliphatic rings. The topological polar surface area (TPSA) is 72.2 Å². The van der Waals surface area contributed by atoms with Crippen molar-refractivity contribution < 1.29 is 4.74 Å². The van der Waals surface area contributed by atoms with Gasteiger partial charge in [0.25, 0.3) is 0 Å². The standard InChI is InChI=1S/C27H35N7O/c1-7-33(8-2)25-22(14-24-20(5)31-32(6)26(24)30-25)18-34(17-21-13-11-10-12-19(21)4)27-28-15-23(16-29-27)35-9-3/h10-16H,7-9,17-18H2,1-6H3. The maximum absolute atomic E-state index is 5.57. The second kappa shape index (κ2) is 10.7. The maximum atomic E-state index is 5.57. The Labute approximate surface area is 207 Å². The summed E-state index contributed by atoms with van der Waals surface area (Å²) in [5.74, 6) is 2.31. The van der Waals surface area contributed by atoms with Crippen LogP contribution in [0.4, 0.5) is 11.8 Å². The highest BCUT2D eigenvalue weighted by Crippen LogP contribution is 2.28. The van der Waals surface area contributed by atoms with E-state index in [9.17, 15) is 0 Å². The molecule has 1 aromatic carbocycles. The third kappa shape index (κ3) is 5.21. The molecule has 3 aromatic heterocycles. The molecule has 0 spiro atoms. The number of fused-ring (bicyclic) bond motifs is 1. The molecule has 0 amide bonds. The van der Waals surface area contributed by atoms with Gasteiger partial charge in [-0.1, -0.05) is 24.3 Å². The molecule has 0 bridgehead atoms. The molecule has 3 heterocycles. The van der Waals surface area contributed by atoms with Gasteiger partial charge in [-0.15, -0.1) is 0 Å². The van der Waals surface area contributed by atoms with E-state index in [4.69, 9.17) is 9.72 Å². The molecule has 0 fully saturated rings. The molecule has 0 atom stereocenters. The lowest BCUT2D eigenvalue weighted by Gasteiger charge is -2.28. The number of rotatable bonds is 10. The Hall–Kier alpha value is -3.68. The van der Waals surface area contributed by atoms with Crippen molar-refractivity contribution in [2.24, 2.45) is 7.05 Å². The number of hydrogen-bond donors (Lipinski definition) is 0. The molecule has 0 radical (unpaired) electrons. The van der Waals surface area contributed by atoms with Crippen LogP contribution in [0.5, 0.6) is 5.75 Å². The molecule has 35 heavy (non-hydrogen) atoms. The molecule has 0 N–H and O–H groups in total. The van der Waals surface area contributed by atoms with Crippen molar-refractivity contribution in [3.63, 3.8) is 0 Å². The molecule has 0 aliphatic carbocycles. The van der Waals surface area contributed by atoms with Gasteiger partial charge in [-0.25, -0.2) is 15.0 Å². The zero-order valence-electron chi connectivity index (χ0n) is 21.6. The van der Waals surface area contributed by atoms with E-state index in [1.54, 1.807) is 12.4 Å². The Morgan fingerprint density at radius 3 is 2.26 bits per heavy atom. The fraction of sp³-hybridized carbons (Fsp3) is 0.407. The van der Waals surface area contributed by atoms with Crippen molar-refractivity contribution in [2.45, 2.75) is 47.7 Å². The summed E-state index contributed by atoms with van der Waals surface area (Å²) < 4.78 is 7.43. The van der Waals surface area contributed by atoms with Crippen molar-refractivity contribution in [1.29, 1.82) is 0 Å². The van der Waals surface area contributed by atoms with Gasteiger partial charge in [0.05, 0.1) is 24.7 Å². The second-order valence-electron chi connectivity index (χ2n) is 8.66. The van der Waals surface area contributed by atoms with Crippen LogP contribution in [-0.2, 0) is 20.1 Å². The minimum absolute atomic E-state index is 0.582. The van der Waals surface area contributed by atoms with Gasteiger partial charge in [-0.05, 0) is 51.8 Å². The van der Waals surface area contributed by atoms with Crippen LogP contribution in [0.15, 0.2) is 42.7 Å². The fourth-order valence-corrected chi connectivity index (χ4v) is 4.40. The highest BCUT2D eigenvalue weighted by atomic mass is 16.5. The predicted molar refractivity (Wildman–Crippen MR) is 141 cm³/mol. The van der Waals surface area contributed by atoms with Gasteiger partial charge < -0.3 is 14.5 Å². The molecular weight excluding hydrogens is 438 g/mol. The van der Waals surface area contributed by atoms with Gasteiger partial charge in [0.2, 0.25) is 5.95 Å². The lowest BCUT2D eigenvalue weighted by molar-refractivity contribution is 0.337. The molecule has 4 rings (SSSR count). The molecule has 8 nitrogen and oxygen atoms in total. The monoisotopic (exact) mass is 473 g/mol. The smallest absolute Gasteiger partial charge is 0.226 e. The number of benzene rings is 1. The van der Waals surface area contributed by atoms with E-state index in [1.807, 2.05) is 25.6 Å². The molecular formula is C27H35N7O. The first kappa shape index (κ1) is 24.4. The van der Waals surface area contributed by atoms with Gasteiger partial charge in [0, 0.05) is 44.2 Å². The number of nitrogens with zero attached hydrogens (tertiary/aromatic N) is 7. The Morgan fingerprint density at radius 1 is 0.914 bits per heavy atom. The van der Waals surface area contributed by atoms with Gasteiger partial charge >= 0.3 is 0 Å². The Balaban J connectivity index is 1.80. The Bertz CT molecular complexity index is 1280. The van der Waals surface area contributed by atoms with E-state index in [0.29, 0.717) is 31.4 Å². The molecule has 0 aliphatic heterocycles. The van der Waals surface area contributed by atoms with Gasteiger partial charge in [0.1, 0.15) is 5.82 Å². The van der Waals surface area contributed by atoms with Crippen molar-refractivity contribution in [2.75, 3.05) is 29.5 Å². The van der Waals surface area contributed by atoms with Crippen LogP contribution < -0.4 is 14.5 Å². The molecule has 0 unspecified atom stereocenters. The van der Waals surface area contributed by atoms with Crippen molar-refractivity contribution in [3.05, 3.63) is 65.1 Å². The van der Waals surface area contributed by atoms with Crippen LogP contribution in [-0.4, -0.2) is 44.4 Å². The first-order chi connectivity index (χ1) is 16.9. The SMILES string of the molecule is CCOc1cnc(N(Cc2ccccc2C)Cc2cc3c(C)nn(C)c3nc2N(CC)CC)nc1. The largest absolute Gasteiger partial charge is 0.491 e. The number of ether oxygens (including phenoxy) is 1. The maximum Gasteiger partial charge on any atom is 0.226 e. The lowest BCUT2D eigenvalue weighted by atomic mass is 10.1. The van der Waals surface area contributed by atoms with Crippen LogP contribution in [0.3, 0.4) is 0 Å². The van der Waals surface area contributed by atoms with Crippen molar-refractivity contribution >= 4 is 22.8 Å². The summed E-state index contributed by atoms with van der Waals surface area (Å²) in [4.78, 5) is 18.9. The van der Waals surface area contributed by atoms with Crippen LogP contribution >= 0.6 is 0 Å². The Morgan fingerprint density at radius 2 is 1.60 bits per heavy atom. The summed E-state index contributed by atoms with van der Waals surface area (Å²) in [7, 11) is 1.95. The van der Waals surface area contributed by atoms with Crippen LogP contribution in [0, 0.1) is 13.8 Å². The summed E-state index contributed by atoms with van der Waals surface area (Å²) in [5.41, 5.74) is 5.48. The molecule has 184 valence electrons. The Kier molecular flexibility index (Phi) is 7.48. The first-order valence-electron chi connectivity index (χ1n) is 12.3. The second-order valence-corrected chi connectivity index (χ2v) is 8.66. The van der Waals surface area contributed by atoms with E-state index in [-0.39, 0.29) is 0 Å². The normalized spacial score (nSPS) is 11.1. The zero-order chi connectivity index (χ0) is 24.9. The number of aryl methyl sites for hydroxylation is 3. The predicted octanol–water partition coefficient (Wildman–Crippen LogP) is 4.83. The van der Waals surface area contributed by atoms with Crippen molar-refractivity contribution in [1.82, 2.24) is 24.7 Å². The third-order valence-corrected chi connectivity index (χ3v) is 6.31. The van der Waals surface area contributed by atoms with Gasteiger partial charge in [0.15, 0.2) is 11.4 Å². The van der Waals surface area contributed by atoms with E-state index in [1.165, 1.54) is 11.1 Å². The molecule has 4 aromatic rings. The quantitative estimate of drug-likeness (QED) is 0.327. The average Bonchev–Trinajstić information content (AvgIpc) is 3.14. The minimum atomic E-state index is 0.582. The number of pyridine rings is 1. The summed E-state index contributed by atoms with van der Waals surface area (Å²) in [6.45, 7) is 14.1. The first-order valence-corrected chi connectivity index (χ1v) is 12.3. The number of hydrogen-bond acceptors (Lipinski definition) is 7. The number of aromatic nitrogens is 5. The van der Waals surface area contributed by atoms with Crippen LogP contribution in [0.25, 0.3) is 11.0 Å². The highest BCUT2D eigenvalue weighted by molar-refractivity contribution is 5.81. The van der Waals surface area contributed by atoms with E-state index >= 15 is 0 Å². The van der Waals surface area contributed by atoms with Crippen molar-refractivity contribution in [3.8, 4) is 5.75 Å². The molecule has 8 heteroatoms.